The monoisotopic (exact) mass is 422 g/mol. The highest BCUT2D eigenvalue weighted by atomic mass is 16.5. The van der Waals surface area contributed by atoms with Crippen molar-refractivity contribution in [2.45, 2.75) is 38.8 Å². The molecule has 0 bridgehead atoms. The number of aliphatic imine (C=N–C) groups is 1. The van der Waals surface area contributed by atoms with Gasteiger partial charge in [-0.2, -0.15) is 0 Å². The summed E-state index contributed by atoms with van der Waals surface area (Å²) in [6, 6.07) is 11.5. The van der Waals surface area contributed by atoms with E-state index in [4.69, 9.17) is 14.2 Å². The lowest BCUT2D eigenvalue weighted by Gasteiger charge is -2.34. The summed E-state index contributed by atoms with van der Waals surface area (Å²) in [5.74, 6) is 0.652. The molecule has 2 aliphatic rings. The lowest BCUT2D eigenvalue weighted by atomic mass is 9.94. The van der Waals surface area contributed by atoms with E-state index in [1.807, 2.05) is 23.2 Å². The normalized spacial score (nSPS) is 16.6. The predicted molar refractivity (Wildman–Crippen MR) is 116 cm³/mol. The molecule has 0 unspecified atom stereocenters. The summed E-state index contributed by atoms with van der Waals surface area (Å²) in [6.07, 6.45) is 3.40. The van der Waals surface area contributed by atoms with Crippen LogP contribution in [0.25, 0.3) is 0 Å². The molecule has 162 valence electrons. The fourth-order valence-electron chi connectivity index (χ4n) is 3.96. The van der Waals surface area contributed by atoms with Gasteiger partial charge in [-0.3, -0.25) is 14.6 Å². The molecule has 2 aromatic carbocycles. The number of fused-ring (bicyclic) bond motifs is 3. The van der Waals surface area contributed by atoms with Crippen LogP contribution >= 0.6 is 0 Å². The molecule has 2 heterocycles. The molecule has 0 fully saturated rings. The Morgan fingerprint density at radius 2 is 2.00 bits per heavy atom. The van der Waals surface area contributed by atoms with E-state index in [0.717, 1.165) is 12.0 Å². The number of methoxy groups -OCH3 is 1. The van der Waals surface area contributed by atoms with Gasteiger partial charge in [0.1, 0.15) is 0 Å². The predicted octanol–water partition coefficient (Wildman–Crippen LogP) is 3.70. The van der Waals surface area contributed by atoms with Gasteiger partial charge in [0.05, 0.1) is 37.6 Å². The molecule has 0 radical (unpaired) electrons. The molecule has 0 saturated heterocycles. The SMILES string of the molecule is CCOC(=O)CCCOc1cc2c(cc1OC)C(=O)N1Cc3ccccc3C[C@H]1C=N2. The first-order chi connectivity index (χ1) is 15.1. The Morgan fingerprint density at radius 1 is 1.19 bits per heavy atom. The summed E-state index contributed by atoms with van der Waals surface area (Å²) in [6.45, 7) is 3.03. The number of ether oxygens (including phenoxy) is 3. The highest BCUT2D eigenvalue weighted by molar-refractivity contribution is 6.03. The van der Waals surface area contributed by atoms with Gasteiger partial charge in [-0.25, -0.2) is 0 Å². The minimum atomic E-state index is -0.243. The maximum absolute atomic E-state index is 13.4. The zero-order chi connectivity index (χ0) is 21.8. The Hall–Kier alpha value is -3.35. The first kappa shape index (κ1) is 20.9. The van der Waals surface area contributed by atoms with Gasteiger partial charge in [0.25, 0.3) is 5.91 Å². The van der Waals surface area contributed by atoms with Crippen LogP contribution in [0.4, 0.5) is 5.69 Å². The second-order valence-electron chi connectivity index (χ2n) is 7.53. The van der Waals surface area contributed by atoms with Crippen LogP contribution in [0, 0.1) is 0 Å². The van der Waals surface area contributed by atoms with E-state index in [-0.39, 0.29) is 24.3 Å². The van der Waals surface area contributed by atoms with Crippen LogP contribution in [0.5, 0.6) is 11.5 Å². The number of nitrogens with zero attached hydrogens (tertiary/aromatic N) is 2. The maximum atomic E-state index is 13.4. The first-order valence-corrected chi connectivity index (χ1v) is 10.5. The Labute approximate surface area is 181 Å². The van der Waals surface area contributed by atoms with Crippen molar-refractivity contribution in [1.29, 1.82) is 0 Å². The van der Waals surface area contributed by atoms with E-state index < -0.39 is 0 Å². The van der Waals surface area contributed by atoms with E-state index in [1.54, 1.807) is 19.1 Å². The zero-order valence-electron chi connectivity index (χ0n) is 17.8. The number of carbonyl (C=O) groups excluding carboxylic acids is 2. The first-order valence-electron chi connectivity index (χ1n) is 10.5. The van der Waals surface area contributed by atoms with Crippen LogP contribution < -0.4 is 9.47 Å². The Morgan fingerprint density at radius 3 is 2.77 bits per heavy atom. The third-order valence-corrected chi connectivity index (χ3v) is 5.54. The summed E-state index contributed by atoms with van der Waals surface area (Å²) in [5.41, 5.74) is 3.47. The third kappa shape index (κ3) is 4.40. The number of hydrogen-bond donors (Lipinski definition) is 0. The number of carbonyl (C=O) groups is 2. The van der Waals surface area contributed by atoms with Crippen molar-refractivity contribution in [3.05, 3.63) is 53.1 Å². The number of rotatable bonds is 7. The molecule has 0 N–H and O–H groups in total. The zero-order valence-corrected chi connectivity index (χ0v) is 17.8. The van der Waals surface area contributed by atoms with E-state index in [1.165, 1.54) is 12.7 Å². The van der Waals surface area contributed by atoms with Crippen LogP contribution in [0.2, 0.25) is 0 Å². The maximum Gasteiger partial charge on any atom is 0.305 e. The van der Waals surface area contributed by atoms with Crippen molar-refractivity contribution in [3.63, 3.8) is 0 Å². The van der Waals surface area contributed by atoms with Gasteiger partial charge >= 0.3 is 5.97 Å². The van der Waals surface area contributed by atoms with Crippen LogP contribution in [-0.2, 0) is 22.5 Å². The Bertz CT molecular complexity index is 1020. The van der Waals surface area contributed by atoms with E-state index in [9.17, 15) is 9.59 Å². The fraction of sp³-hybridized carbons (Fsp3) is 0.375. The summed E-state index contributed by atoms with van der Waals surface area (Å²) >= 11 is 0. The minimum Gasteiger partial charge on any atom is -0.493 e. The second kappa shape index (κ2) is 9.20. The summed E-state index contributed by atoms with van der Waals surface area (Å²) < 4.78 is 16.2. The molecule has 4 rings (SSSR count). The smallest absolute Gasteiger partial charge is 0.305 e. The van der Waals surface area contributed by atoms with Crippen molar-refractivity contribution in [2.24, 2.45) is 4.99 Å². The van der Waals surface area contributed by atoms with Crippen molar-refractivity contribution >= 4 is 23.8 Å². The van der Waals surface area contributed by atoms with Gasteiger partial charge < -0.3 is 19.1 Å². The summed E-state index contributed by atoms with van der Waals surface area (Å²) in [7, 11) is 1.54. The highest BCUT2D eigenvalue weighted by Crippen LogP contribution is 2.38. The highest BCUT2D eigenvalue weighted by Gasteiger charge is 2.33. The van der Waals surface area contributed by atoms with Gasteiger partial charge in [-0.1, -0.05) is 24.3 Å². The molecule has 0 aromatic heterocycles. The van der Waals surface area contributed by atoms with Crippen molar-refractivity contribution in [1.82, 2.24) is 4.90 Å². The Balaban J connectivity index is 1.54. The van der Waals surface area contributed by atoms with Gasteiger partial charge in [0, 0.05) is 25.2 Å². The average Bonchev–Trinajstić information content (AvgIpc) is 2.91. The number of esters is 1. The average molecular weight is 422 g/mol. The van der Waals surface area contributed by atoms with Crippen molar-refractivity contribution < 1.29 is 23.8 Å². The number of benzene rings is 2. The molecule has 0 spiro atoms. The topological polar surface area (TPSA) is 77.4 Å². The van der Waals surface area contributed by atoms with Crippen LogP contribution in [-0.4, -0.2) is 49.4 Å². The fourth-order valence-corrected chi connectivity index (χ4v) is 3.96. The molecular formula is C24H26N2O5. The summed E-state index contributed by atoms with van der Waals surface area (Å²) in [4.78, 5) is 31.3. The third-order valence-electron chi connectivity index (χ3n) is 5.54. The molecular weight excluding hydrogens is 396 g/mol. The number of hydrogen-bond acceptors (Lipinski definition) is 6. The molecule has 0 saturated carbocycles. The molecule has 31 heavy (non-hydrogen) atoms. The molecule has 2 aromatic rings. The molecule has 2 aliphatic heterocycles. The largest absolute Gasteiger partial charge is 0.493 e. The van der Waals surface area contributed by atoms with E-state index >= 15 is 0 Å². The lowest BCUT2D eigenvalue weighted by Crippen LogP contribution is -2.44. The lowest BCUT2D eigenvalue weighted by molar-refractivity contribution is -0.143. The molecule has 7 nitrogen and oxygen atoms in total. The van der Waals surface area contributed by atoms with Gasteiger partial charge in [0.15, 0.2) is 11.5 Å². The minimum absolute atomic E-state index is 0.0702. The van der Waals surface area contributed by atoms with Gasteiger partial charge in [-0.15, -0.1) is 0 Å². The van der Waals surface area contributed by atoms with Crippen molar-refractivity contribution in [2.75, 3.05) is 20.3 Å². The Kier molecular flexibility index (Phi) is 6.21. The number of amides is 1. The molecule has 7 heteroatoms. The molecule has 1 amide bonds. The molecule has 1 atom stereocenters. The second-order valence-corrected chi connectivity index (χ2v) is 7.53. The quantitative estimate of drug-likeness (QED) is 0.502. The van der Waals surface area contributed by atoms with E-state index in [2.05, 4.69) is 17.1 Å². The van der Waals surface area contributed by atoms with E-state index in [0.29, 0.717) is 48.9 Å². The van der Waals surface area contributed by atoms with Gasteiger partial charge in [0.2, 0.25) is 0 Å². The van der Waals surface area contributed by atoms with Crippen LogP contribution in [0.15, 0.2) is 41.4 Å². The van der Waals surface area contributed by atoms with Gasteiger partial charge in [-0.05, 0) is 37.0 Å². The molecule has 0 aliphatic carbocycles. The standard InChI is InChI=1S/C24H26N2O5/c1-3-30-23(27)9-6-10-31-22-13-20-19(12-21(22)29-2)24(28)26-15-17-8-5-4-7-16(17)11-18(26)14-25-20/h4-5,7-8,12-14,18H,3,6,9-11,15H2,1-2H3/t18-/m0/s1. The van der Waals surface area contributed by atoms with Crippen LogP contribution in [0.3, 0.4) is 0 Å². The van der Waals surface area contributed by atoms with Crippen molar-refractivity contribution in [3.8, 4) is 11.5 Å². The van der Waals surface area contributed by atoms with Crippen LogP contribution in [0.1, 0.15) is 41.3 Å². The summed E-state index contributed by atoms with van der Waals surface area (Å²) in [5, 5.41) is 0.